The number of ether oxygens (including phenoxy) is 1. The SMILES string of the molecule is CCOc1ccc(Cl)cc1-n1c(C=C(C)C)c(C(=O)N2CCC[C@@H](C)C2)cc(-c2nc(-c3ccc(C(F)F)cc3)cs2)c1=O. The molecule has 0 saturated carbocycles. The van der Waals surface area contributed by atoms with Crippen molar-refractivity contribution in [1.82, 2.24) is 14.5 Å². The number of thiazole rings is 1. The van der Waals surface area contributed by atoms with Crippen molar-refractivity contribution in [2.45, 2.75) is 47.0 Å². The van der Waals surface area contributed by atoms with E-state index in [1.807, 2.05) is 31.7 Å². The molecular formula is C34H34ClF2N3O3S. The molecule has 6 nitrogen and oxygen atoms in total. The number of allylic oxidation sites excluding steroid dienone is 1. The number of likely N-dealkylation sites (tertiary alicyclic amines) is 1. The van der Waals surface area contributed by atoms with Gasteiger partial charge in [0.1, 0.15) is 10.8 Å². The number of amides is 1. The highest BCUT2D eigenvalue weighted by molar-refractivity contribution is 7.13. The van der Waals surface area contributed by atoms with E-state index in [2.05, 4.69) is 6.92 Å². The van der Waals surface area contributed by atoms with E-state index >= 15 is 0 Å². The summed E-state index contributed by atoms with van der Waals surface area (Å²) in [6.07, 6.45) is 1.22. The van der Waals surface area contributed by atoms with E-state index in [0.29, 0.717) is 69.6 Å². The number of nitrogens with zero attached hydrogens (tertiary/aromatic N) is 3. The number of hydrogen-bond acceptors (Lipinski definition) is 5. The van der Waals surface area contributed by atoms with Crippen molar-refractivity contribution in [3.8, 4) is 33.3 Å². The van der Waals surface area contributed by atoms with Crippen molar-refractivity contribution in [3.63, 3.8) is 0 Å². The van der Waals surface area contributed by atoms with Gasteiger partial charge in [0.25, 0.3) is 17.9 Å². The molecule has 1 fully saturated rings. The van der Waals surface area contributed by atoms with Crippen molar-refractivity contribution in [2.24, 2.45) is 5.92 Å². The average Bonchev–Trinajstić information content (AvgIpc) is 3.48. The lowest BCUT2D eigenvalue weighted by Crippen LogP contribution is -2.40. The minimum absolute atomic E-state index is 0.0799. The molecule has 1 atom stereocenters. The summed E-state index contributed by atoms with van der Waals surface area (Å²) in [6, 6.07) is 12.6. The van der Waals surface area contributed by atoms with Crippen molar-refractivity contribution in [2.75, 3.05) is 19.7 Å². The normalized spacial score (nSPS) is 15.0. The number of carbonyl (C=O) groups excluding carboxylic acids is 1. The predicted octanol–water partition coefficient (Wildman–Crippen LogP) is 8.91. The number of benzene rings is 2. The van der Waals surface area contributed by atoms with Gasteiger partial charge in [-0.25, -0.2) is 13.8 Å². The fourth-order valence-electron chi connectivity index (χ4n) is 5.43. The first-order valence-electron chi connectivity index (χ1n) is 14.6. The van der Waals surface area contributed by atoms with Gasteiger partial charge in [-0.15, -0.1) is 11.3 Å². The standard InChI is InChI=1S/C34H34ClF2N3O3S/c1-5-43-30-13-12-24(35)16-29(30)40-28(15-20(2)3)25(33(41)39-14-6-7-21(4)18-39)17-26(34(40)42)32-38-27(19-44-32)22-8-10-23(11-9-22)31(36)37/h8-13,15-17,19,21,31H,5-7,14,18H2,1-4H3/t21-/m1/s1. The van der Waals surface area contributed by atoms with Crippen LogP contribution in [0.5, 0.6) is 5.75 Å². The third-order valence-electron chi connectivity index (χ3n) is 7.49. The predicted molar refractivity (Wildman–Crippen MR) is 173 cm³/mol. The van der Waals surface area contributed by atoms with Gasteiger partial charge in [0.2, 0.25) is 0 Å². The maximum absolute atomic E-state index is 14.5. The van der Waals surface area contributed by atoms with Gasteiger partial charge in [0, 0.05) is 34.6 Å². The second kappa shape index (κ2) is 13.4. The molecule has 3 heterocycles. The molecule has 2 aromatic heterocycles. The van der Waals surface area contributed by atoms with Crippen molar-refractivity contribution in [3.05, 3.63) is 91.7 Å². The molecule has 1 aliphatic heterocycles. The lowest BCUT2D eigenvalue weighted by Gasteiger charge is -2.32. The van der Waals surface area contributed by atoms with Gasteiger partial charge in [-0.1, -0.05) is 48.4 Å². The second-order valence-corrected chi connectivity index (χ2v) is 12.5. The summed E-state index contributed by atoms with van der Waals surface area (Å²) < 4.78 is 33.7. The van der Waals surface area contributed by atoms with Gasteiger partial charge < -0.3 is 9.64 Å². The highest BCUT2D eigenvalue weighted by Crippen LogP contribution is 2.34. The molecule has 0 bridgehead atoms. The number of aromatic nitrogens is 2. The van der Waals surface area contributed by atoms with Gasteiger partial charge in [-0.05, 0) is 69.9 Å². The Morgan fingerprint density at radius 2 is 1.93 bits per heavy atom. The smallest absolute Gasteiger partial charge is 0.266 e. The number of piperidine rings is 1. The molecular weight excluding hydrogens is 604 g/mol. The number of carbonyl (C=O) groups is 1. The number of pyridine rings is 1. The summed E-state index contributed by atoms with van der Waals surface area (Å²) in [5, 5.41) is 2.59. The maximum Gasteiger partial charge on any atom is 0.266 e. The first-order chi connectivity index (χ1) is 21.1. The molecule has 0 unspecified atom stereocenters. The monoisotopic (exact) mass is 637 g/mol. The quantitative estimate of drug-likeness (QED) is 0.194. The number of hydrogen-bond donors (Lipinski definition) is 0. The van der Waals surface area contributed by atoms with Crippen LogP contribution in [-0.2, 0) is 0 Å². The average molecular weight is 638 g/mol. The Balaban J connectivity index is 1.76. The zero-order valence-corrected chi connectivity index (χ0v) is 26.6. The molecule has 4 aromatic rings. The van der Waals surface area contributed by atoms with E-state index in [0.717, 1.165) is 18.4 Å². The highest BCUT2D eigenvalue weighted by atomic mass is 35.5. The maximum atomic E-state index is 14.5. The topological polar surface area (TPSA) is 64.4 Å². The molecule has 0 N–H and O–H groups in total. The molecule has 1 saturated heterocycles. The largest absolute Gasteiger partial charge is 0.492 e. The van der Waals surface area contributed by atoms with Crippen LogP contribution >= 0.6 is 22.9 Å². The number of alkyl halides is 2. The second-order valence-electron chi connectivity index (χ2n) is 11.2. The van der Waals surface area contributed by atoms with E-state index in [9.17, 15) is 18.4 Å². The van der Waals surface area contributed by atoms with Gasteiger partial charge in [0.15, 0.2) is 0 Å². The molecule has 0 radical (unpaired) electrons. The molecule has 5 rings (SSSR count). The van der Waals surface area contributed by atoms with Crippen LogP contribution in [0, 0.1) is 5.92 Å². The van der Waals surface area contributed by atoms with Crippen LogP contribution in [0.1, 0.15) is 68.6 Å². The summed E-state index contributed by atoms with van der Waals surface area (Å²) in [7, 11) is 0. The molecule has 0 spiro atoms. The molecule has 230 valence electrons. The molecule has 1 aliphatic rings. The number of halogens is 3. The Labute approximate surface area is 264 Å². The Morgan fingerprint density at radius 3 is 2.59 bits per heavy atom. The van der Waals surface area contributed by atoms with Crippen LogP contribution in [0.15, 0.2) is 64.3 Å². The minimum atomic E-state index is -2.57. The lowest BCUT2D eigenvalue weighted by molar-refractivity contribution is 0.0682. The van der Waals surface area contributed by atoms with Gasteiger partial charge >= 0.3 is 0 Å². The Bertz CT molecular complexity index is 1760. The minimum Gasteiger partial charge on any atom is -0.492 e. The van der Waals surface area contributed by atoms with Crippen LogP contribution in [-0.4, -0.2) is 40.1 Å². The van der Waals surface area contributed by atoms with E-state index in [1.165, 1.54) is 28.0 Å². The fraction of sp³-hybridized carbons (Fsp3) is 0.324. The van der Waals surface area contributed by atoms with E-state index in [1.54, 1.807) is 41.8 Å². The van der Waals surface area contributed by atoms with E-state index in [4.69, 9.17) is 21.3 Å². The third kappa shape index (κ3) is 6.64. The van der Waals surface area contributed by atoms with E-state index in [-0.39, 0.29) is 17.0 Å². The van der Waals surface area contributed by atoms with Gasteiger partial charge in [0.05, 0.1) is 34.8 Å². The first-order valence-corrected chi connectivity index (χ1v) is 15.8. The molecule has 10 heteroatoms. The lowest BCUT2D eigenvalue weighted by atomic mass is 9.98. The third-order valence-corrected chi connectivity index (χ3v) is 8.60. The van der Waals surface area contributed by atoms with Crippen LogP contribution < -0.4 is 10.3 Å². The summed E-state index contributed by atoms with van der Waals surface area (Å²) in [5.74, 6) is 0.641. The van der Waals surface area contributed by atoms with Gasteiger partial charge in [-0.3, -0.25) is 14.2 Å². The molecule has 2 aromatic carbocycles. The van der Waals surface area contributed by atoms with Crippen molar-refractivity contribution in [1.29, 1.82) is 0 Å². The van der Waals surface area contributed by atoms with Crippen LogP contribution in [0.2, 0.25) is 5.02 Å². The molecule has 0 aliphatic carbocycles. The number of rotatable bonds is 8. The summed E-state index contributed by atoms with van der Waals surface area (Å²) in [5.41, 5.74) is 3.08. The Kier molecular flexibility index (Phi) is 9.65. The summed E-state index contributed by atoms with van der Waals surface area (Å²) in [6.45, 7) is 9.42. The van der Waals surface area contributed by atoms with Crippen molar-refractivity contribution < 1.29 is 18.3 Å². The zero-order chi connectivity index (χ0) is 31.5. The summed E-state index contributed by atoms with van der Waals surface area (Å²) in [4.78, 5) is 35.3. The van der Waals surface area contributed by atoms with Crippen LogP contribution in [0.3, 0.4) is 0 Å². The van der Waals surface area contributed by atoms with Crippen molar-refractivity contribution >= 4 is 34.9 Å². The van der Waals surface area contributed by atoms with Crippen LogP contribution in [0.25, 0.3) is 33.6 Å². The highest BCUT2D eigenvalue weighted by Gasteiger charge is 2.28. The zero-order valence-electron chi connectivity index (χ0n) is 25.1. The first kappa shape index (κ1) is 31.6. The Morgan fingerprint density at radius 1 is 1.18 bits per heavy atom. The van der Waals surface area contributed by atoms with E-state index < -0.39 is 12.0 Å². The summed E-state index contributed by atoms with van der Waals surface area (Å²) >= 11 is 7.71. The Hall–Kier alpha value is -3.82. The molecule has 44 heavy (non-hydrogen) atoms. The fourth-order valence-corrected chi connectivity index (χ4v) is 6.43. The van der Waals surface area contributed by atoms with Gasteiger partial charge in [-0.2, -0.15) is 0 Å². The molecule has 1 amide bonds. The van der Waals surface area contributed by atoms with Crippen LogP contribution in [0.4, 0.5) is 8.78 Å².